The second kappa shape index (κ2) is 9.47. The lowest BCUT2D eigenvalue weighted by molar-refractivity contribution is -0.138. The standard InChI is InChI=1S/C28H29F3N2/c1-18(2)7-13-27-24(17-32)23-15-19(11-14-26(23)33-27)8-9-20-10-12-22(21-5-3-4-6-21)25(16-20)28(29,30)31/h10-12,14-16,21,33H,1,3-9,13H2,2H3. The number of alkyl halides is 3. The van der Waals surface area contributed by atoms with Crippen molar-refractivity contribution in [2.24, 2.45) is 0 Å². The van der Waals surface area contributed by atoms with Gasteiger partial charge in [-0.3, -0.25) is 0 Å². The quantitative estimate of drug-likeness (QED) is 0.364. The molecule has 1 fully saturated rings. The van der Waals surface area contributed by atoms with Crippen molar-refractivity contribution in [1.29, 1.82) is 5.26 Å². The van der Waals surface area contributed by atoms with Crippen LogP contribution in [0, 0.1) is 11.3 Å². The maximum Gasteiger partial charge on any atom is 0.416 e. The second-order valence-electron chi connectivity index (χ2n) is 9.33. The number of aryl methyl sites for hydroxylation is 3. The minimum atomic E-state index is -4.33. The average molecular weight is 451 g/mol. The molecule has 1 aliphatic carbocycles. The van der Waals surface area contributed by atoms with Gasteiger partial charge in [0.05, 0.1) is 11.1 Å². The first-order valence-electron chi connectivity index (χ1n) is 11.6. The van der Waals surface area contributed by atoms with Gasteiger partial charge in [0.15, 0.2) is 0 Å². The van der Waals surface area contributed by atoms with Crippen LogP contribution in [0.4, 0.5) is 13.2 Å². The third-order valence-corrected chi connectivity index (χ3v) is 6.77. The zero-order chi connectivity index (χ0) is 23.6. The van der Waals surface area contributed by atoms with Crippen molar-refractivity contribution >= 4 is 10.9 Å². The summed E-state index contributed by atoms with van der Waals surface area (Å²) < 4.78 is 41.3. The first-order chi connectivity index (χ1) is 15.8. The number of nitrogens with zero attached hydrogens (tertiary/aromatic N) is 1. The van der Waals surface area contributed by atoms with Gasteiger partial charge in [-0.2, -0.15) is 18.4 Å². The van der Waals surface area contributed by atoms with Crippen LogP contribution in [0.1, 0.15) is 78.5 Å². The van der Waals surface area contributed by atoms with Crippen LogP contribution in [0.25, 0.3) is 10.9 Å². The number of aromatic amines is 1. The highest BCUT2D eigenvalue weighted by molar-refractivity contribution is 5.87. The van der Waals surface area contributed by atoms with E-state index >= 15 is 0 Å². The highest BCUT2D eigenvalue weighted by Crippen LogP contribution is 2.42. The highest BCUT2D eigenvalue weighted by Gasteiger charge is 2.36. The van der Waals surface area contributed by atoms with Gasteiger partial charge in [0.25, 0.3) is 0 Å². The number of H-pyrrole nitrogens is 1. The van der Waals surface area contributed by atoms with Crippen molar-refractivity contribution in [1.82, 2.24) is 4.98 Å². The Hall–Kier alpha value is -3.00. The molecule has 2 nitrogen and oxygen atoms in total. The predicted molar refractivity (Wildman–Crippen MR) is 126 cm³/mol. The molecule has 3 aromatic rings. The lowest BCUT2D eigenvalue weighted by Crippen LogP contribution is -2.12. The van der Waals surface area contributed by atoms with Gasteiger partial charge >= 0.3 is 6.18 Å². The molecule has 0 atom stereocenters. The number of benzene rings is 2. The SMILES string of the molecule is C=C(C)CCc1[nH]c2ccc(CCc3ccc(C4CCCC4)c(C(F)(F)F)c3)cc2c1C#N. The van der Waals surface area contributed by atoms with E-state index < -0.39 is 11.7 Å². The number of fused-ring (bicyclic) bond motifs is 1. The van der Waals surface area contributed by atoms with E-state index in [1.54, 1.807) is 6.07 Å². The average Bonchev–Trinajstić information content (AvgIpc) is 3.43. The molecule has 0 aliphatic heterocycles. The Labute approximate surface area is 193 Å². The maximum atomic E-state index is 13.8. The molecule has 1 aromatic heterocycles. The molecule has 0 spiro atoms. The summed E-state index contributed by atoms with van der Waals surface area (Å²) in [6.07, 6.45) is 2.04. The van der Waals surface area contributed by atoms with Crippen LogP contribution in [0.2, 0.25) is 0 Å². The molecular formula is C28H29F3N2. The molecule has 1 heterocycles. The molecule has 33 heavy (non-hydrogen) atoms. The van der Waals surface area contributed by atoms with Crippen LogP contribution in [0.3, 0.4) is 0 Å². The highest BCUT2D eigenvalue weighted by atomic mass is 19.4. The van der Waals surface area contributed by atoms with Crippen molar-refractivity contribution < 1.29 is 13.2 Å². The Morgan fingerprint density at radius 1 is 1.06 bits per heavy atom. The molecule has 1 N–H and O–H groups in total. The summed E-state index contributed by atoms with van der Waals surface area (Å²) in [5, 5.41) is 10.6. The largest absolute Gasteiger partial charge is 0.416 e. The number of allylic oxidation sites excluding steroid dienone is 1. The van der Waals surface area contributed by atoms with E-state index in [4.69, 9.17) is 0 Å². The molecule has 172 valence electrons. The lowest BCUT2D eigenvalue weighted by Gasteiger charge is -2.19. The summed E-state index contributed by atoms with van der Waals surface area (Å²) in [5.41, 5.74) is 5.22. The number of nitriles is 1. The molecule has 2 aromatic carbocycles. The number of rotatable bonds is 7. The van der Waals surface area contributed by atoms with Crippen molar-refractivity contribution in [2.45, 2.75) is 70.4 Å². The summed E-state index contributed by atoms with van der Waals surface area (Å²) in [4.78, 5) is 3.34. The van der Waals surface area contributed by atoms with E-state index in [1.807, 2.05) is 31.2 Å². The molecule has 0 saturated heterocycles. The van der Waals surface area contributed by atoms with E-state index in [-0.39, 0.29) is 5.92 Å². The van der Waals surface area contributed by atoms with Crippen molar-refractivity contribution in [2.75, 3.05) is 0 Å². The van der Waals surface area contributed by atoms with Crippen molar-refractivity contribution in [3.8, 4) is 6.07 Å². The van der Waals surface area contributed by atoms with Crippen LogP contribution in [-0.2, 0) is 25.4 Å². The third-order valence-electron chi connectivity index (χ3n) is 6.77. The first kappa shape index (κ1) is 23.2. The fraction of sp³-hybridized carbons (Fsp3) is 0.393. The molecule has 0 unspecified atom stereocenters. The maximum absolute atomic E-state index is 13.8. The number of aromatic nitrogens is 1. The number of hydrogen-bond acceptors (Lipinski definition) is 1. The molecule has 1 aliphatic rings. The van der Waals surface area contributed by atoms with Crippen LogP contribution < -0.4 is 0 Å². The molecular weight excluding hydrogens is 421 g/mol. The zero-order valence-corrected chi connectivity index (χ0v) is 19.0. The van der Waals surface area contributed by atoms with Gasteiger partial charge in [-0.15, -0.1) is 6.58 Å². The zero-order valence-electron chi connectivity index (χ0n) is 19.0. The van der Waals surface area contributed by atoms with Crippen LogP contribution in [0.15, 0.2) is 48.6 Å². The Kier molecular flexibility index (Phi) is 6.65. The molecule has 4 rings (SSSR count). The van der Waals surface area contributed by atoms with Gasteiger partial charge in [0, 0.05) is 16.6 Å². The normalized spacial score (nSPS) is 14.6. The van der Waals surface area contributed by atoms with E-state index in [1.165, 1.54) is 6.07 Å². The fourth-order valence-electron chi connectivity index (χ4n) is 4.99. The van der Waals surface area contributed by atoms with E-state index in [0.29, 0.717) is 29.5 Å². The predicted octanol–water partition coefficient (Wildman–Crippen LogP) is 8.01. The monoisotopic (exact) mass is 450 g/mol. The van der Waals surface area contributed by atoms with Crippen molar-refractivity contribution in [3.63, 3.8) is 0 Å². The third kappa shape index (κ3) is 5.16. The van der Waals surface area contributed by atoms with E-state index in [9.17, 15) is 18.4 Å². The topological polar surface area (TPSA) is 39.6 Å². The Balaban J connectivity index is 1.55. The Bertz CT molecular complexity index is 1200. The summed E-state index contributed by atoms with van der Waals surface area (Å²) in [6, 6.07) is 13.2. The van der Waals surface area contributed by atoms with E-state index in [0.717, 1.165) is 66.3 Å². The van der Waals surface area contributed by atoms with Gasteiger partial charge in [-0.25, -0.2) is 0 Å². The minimum absolute atomic E-state index is 0.0233. The van der Waals surface area contributed by atoms with Gasteiger partial charge in [0.1, 0.15) is 6.07 Å². The molecule has 1 saturated carbocycles. The summed E-state index contributed by atoms with van der Waals surface area (Å²) in [7, 11) is 0. The van der Waals surface area contributed by atoms with Gasteiger partial charge in [0.2, 0.25) is 0 Å². The van der Waals surface area contributed by atoms with Gasteiger partial charge in [-0.05, 0) is 86.3 Å². The molecule has 0 bridgehead atoms. The molecule has 0 radical (unpaired) electrons. The number of hydrogen-bond donors (Lipinski definition) is 1. The molecule has 5 heteroatoms. The van der Waals surface area contributed by atoms with Gasteiger partial charge in [-0.1, -0.05) is 36.6 Å². The Morgan fingerprint density at radius 2 is 1.73 bits per heavy atom. The lowest BCUT2D eigenvalue weighted by atomic mass is 9.90. The summed E-state index contributed by atoms with van der Waals surface area (Å²) in [6.45, 7) is 5.90. The Morgan fingerprint density at radius 3 is 2.36 bits per heavy atom. The van der Waals surface area contributed by atoms with Crippen molar-refractivity contribution in [3.05, 3.63) is 82.1 Å². The van der Waals surface area contributed by atoms with Gasteiger partial charge < -0.3 is 4.98 Å². The number of halogens is 3. The van der Waals surface area contributed by atoms with Crippen LogP contribution in [-0.4, -0.2) is 4.98 Å². The smallest absolute Gasteiger partial charge is 0.357 e. The first-order valence-corrected chi connectivity index (χ1v) is 11.6. The fourth-order valence-corrected chi connectivity index (χ4v) is 4.99. The number of nitrogens with one attached hydrogen (secondary N) is 1. The van der Waals surface area contributed by atoms with Crippen LogP contribution >= 0.6 is 0 Å². The van der Waals surface area contributed by atoms with E-state index in [2.05, 4.69) is 17.6 Å². The van der Waals surface area contributed by atoms with Crippen LogP contribution in [0.5, 0.6) is 0 Å². The summed E-state index contributed by atoms with van der Waals surface area (Å²) in [5.74, 6) is 0.0233. The second-order valence-corrected chi connectivity index (χ2v) is 9.33. The molecule has 0 amide bonds. The summed E-state index contributed by atoms with van der Waals surface area (Å²) >= 11 is 0. The minimum Gasteiger partial charge on any atom is -0.357 e.